The molecule has 3 nitrogen and oxygen atoms in total. The molecule has 0 saturated carbocycles. The number of carbonyl (C=O) groups excluding carboxylic acids is 1. The van der Waals surface area contributed by atoms with Gasteiger partial charge in [-0.25, -0.2) is 5.84 Å². The Kier molecular flexibility index (Phi) is 6.74. The minimum atomic E-state index is -0.0725. The van der Waals surface area contributed by atoms with Gasteiger partial charge in [0.15, 0.2) is 0 Å². The number of nitrogens with one attached hydrogen (secondary N) is 1. The van der Waals surface area contributed by atoms with Gasteiger partial charge in [0.1, 0.15) is 0 Å². The van der Waals surface area contributed by atoms with Gasteiger partial charge >= 0.3 is 0 Å². The Morgan fingerprint density at radius 1 is 1.70 bits per heavy atom. The van der Waals surface area contributed by atoms with E-state index in [1.165, 1.54) is 0 Å². The van der Waals surface area contributed by atoms with Gasteiger partial charge in [0.05, 0.1) is 0 Å². The van der Waals surface area contributed by atoms with Crippen LogP contribution in [0.2, 0.25) is 0 Å². The van der Waals surface area contributed by atoms with Crippen LogP contribution in [0, 0.1) is 0 Å². The summed E-state index contributed by atoms with van der Waals surface area (Å²) in [7, 11) is 0. The molecule has 0 saturated heterocycles. The second-order valence-electron chi connectivity index (χ2n) is 1.87. The zero-order chi connectivity index (χ0) is 7.82. The van der Waals surface area contributed by atoms with Gasteiger partial charge in [-0.1, -0.05) is 6.92 Å². The monoisotopic (exact) mass is 162 g/mol. The number of hydrogen-bond acceptors (Lipinski definition) is 3. The number of hydrogen-bond donors (Lipinski definition) is 2. The van der Waals surface area contributed by atoms with E-state index in [4.69, 9.17) is 5.84 Å². The summed E-state index contributed by atoms with van der Waals surface area (Å²) in [5, 5.41) is 0. The van der Waals surface area contributed by atoms with Gasteiger partial charge in [-0.2, -0.15) is 11.8 Å². The highest BCUT2D eigenvalue weighted by Crippen LogP contribution is 2.02. The maximum absolute atomic E-state index is 10.5. The van der Waals surface area contributed by atoms with E-state index in [0.29, 0.717) is 6.42 Å². The molecular weight excluding hydrogens is 148 g/mol. The maximum atomic E-state index is 10.5. The summed E-state index contributed by atoms with van der Waals surface area (Å²) in [5.41, 5.74) is 2.09. The van der Waals surface area contributed by atoms with E-state index in [9.17, 15) is 4.79 Å². The first-order chi connectivity index (χ1) is 4.81. The molecule has 3 N–H and O–H groups in total. The molecule has 0 atom stereocenters. The van der Waals surface area contributed by atoms with Crippen molar-refractivity contribution in [2.24, 2.45) is 5.84 Å². The largest absolute Gasteiger partial charge is 0.294 e. The maximum Gasteiger partial charge on any atom is 0.233 e. The first-order valence-electron chi connectivity index (χ1n) is 3.38. The molecule has 60 valence electrons. The van der Waals surface area contributed by atoms with Crippen LogP contribution in [-0.2, 0) is 4.79 Å². The Balaban J connectivity index is 2.96. The first-order valence-corrected chi connectivity index (χ1v) is 4.54. The number of carbonyl (C=O) groups is 1. The number of rotatable bonds is 5. The van der Waals surface area contributed by atoms with Crippen LogP contribution < -0.4 is 11.3 Å². The van der Waals surface area contributed by atoms with E-state index in [-0.39, 0.29) is 5.91 Å². The SMILES string of the molecule is CCSCCCC(=O)NN. The highest BCUT2D eigenvalue weighted by atomic mass is 32.2. The topological polar surface area (TPSA) is 55.1 Å². The number of nitrogens with two attached hydrogens (primary N) is 1. The molecule has 0 aliphatic rings. The van der Waals surface area contributed by atoms with E-state index >= 15 is 0 Å². The van der Waals surface area contributed by atoms with Crippen LogP contribution in [0.3, 0.4) is 0 Å². The highest BCUT2D eigenvalue weighted by molar-refractivity contribution is 7.99. The summed E-state index contributed by atoms with van der Waals surface area (Å²) in [6.07, 6.45) is 1.46. The third-order valence-corrected chi connectivity index (χ3v) is 2.04. The van der Waals surface area contributed by atoms with Crippen molar-refractivity contribution in [3.8, 4) is 0 Å². The molecule has 0 aliphatic carbocycles. The molecule has 0 radical (unpaired) electrons. The molecule has 0 aromatic heterocycles. The van der Waals surface area contributed by atoms with Crippen molar-refractivity contribution in [2.45, 2.75) is 19.8 Å². The van der Waals surface area contributed by atoms with Gasteiger partial charge in [-0.15, -0.1) is 0 Å². The van der Waals surface area contributed by atoms with Crippen LogP contribution in [0.25, 0.3) is 0 Å². The fourth-order valence-corrected chi connectivity index (χ4v) is 1.19. The van der Waals surface area contributed by atoms with Crippen molar-refractivity contribution in [1.29, 1.82) is 0 Å². The highest BCUT2D eigenvalue weighted by Gasteiger charge is 1.95. The molecule has 10 heavy (non-hydrogen) atoms. The minimum absolute atomic E-state index is 0.0725. The summed E-state index contributed by atoms with van der Waals surface area (Å²) in [4.78, 5) is 10.5. The number of thioether (sulfide) groups is 1. The van der Waals surface area contributed by atoms with Crippen LogP contribution in [-0.4, -0.2) is 17.4 Å². The Morgan fingerprint density at radius 2 is 2.40 bits per heavy atom. The van der Waals surface area contributed by atoms with Crippen molar-refractivity contribution in [1.82, 2.24) is 5.43 Å². The predicted molar refractivity (Wildman–Crippen MR) is 44.6 cm³/mol. The Morgan fingerprint density at radius 3 is 2.90 bits per heavy atom. The van der Waals surface area contributed by atoms with E-state index in [0.717, 1.165) is 17.9 Å². The summed E-state index contributed by atoms with van der Waals surface area (Å²) < 4.78 is 0. The lowest BCUT2D eigenvalue weighted by Gasteiger charge is -1.97. The fourth-order valence-electron chi connectivity index (χ4n) is 0.551. The fraction of sp³-hybridized carbons (Fsp3) is 0.833. The Bertz CT molecular complexity index is 97.7. The molecule has 4 heteroatoms. The van der Waals surface area contributed by atoms with E-state index in [1.54, 1.807) is 0 Å². The van der Waals surface area contributed by atoms with Crippen LogP contribution >= 0.6 is 11.8 Å². The summed E-state index contributed by atoms with van der Waals surface area (Å²) in [6, 6.07) is 0. The Hall–Kier alpha value is -0.220. The van der Waals surface area contributed by atoms with Crippen molar-refractivity contribution in [2.75, 3.05) is 11.5 Å². The second-order valence-corrected chi connectivity index (χ2v) is 3.26. The number of hydrazine groups is 1. The molecular formula is C6H14N2OS. The molecule has 0 fully saturated rings. The number of amides is 1. The smallest absolute Gasteiger partial charge is 0.233 e. The standard InChI is InChI=1S/C6H14N2OS/c1-2-10-5-3-4-6(9)8-7/h2-5,7H2,1H3,(H,8,9). The van der Waals surface area contributed by atoms with Gasteiger partial charge in [0, 0.05) is 6.42 Å². The second kappa shape index (κ2) is 6.89. The molecule has 0 aromatic carbocycles. The van der Waals surface area contributed by atoms with E-state index in [2.05, 4.69) is 12.3 Å². The molecule has 1 amide bonds. The quantitative estimate of drug-likeness (QED) is 0.268. The average Bonchev–Trinajstić information content (AvgIpc) is 1.98. The van der Waals surface area contributed by atoms with Gasteiger partial charge in [-0.05, 0) is 17.9 Å². The lowest BCUT2D eigenvalue weighted by Crippen LogP contribution is -2.29. The van der Waals surface area contributed by atoms with Crippen LogP contribution in [0.1, 0.15) is 19.8 Å². The molecule has 0 aliphatic heterocycles. The van der Waals surface area contributed by atoms with Crippen molar-refractivity contribution in [3.05, 3.63) is 0 Å². The zero-order valence-electron chi connectivity index (χ0n) is 6.22. The molecule has 0 bridgehead atoms. The lowest BCUT2D eigenvalue weighted by atomic mass is 10.3. The van der Waals surface area contributed by atoms with Crippen molar-refractivity contribution >= 4 is 17.7 Å². The van der Waals surface area contributed by atoms with Crippen LogP contribution in [0.5, 0.6) is 0 Å². The molecule has 0 aromatic rings. The summed E-state index contributed by atoms with van der Waals surface area (Å²) in [5.74, 6) is 6.97. The van der Waals surface area contributed by atoms with Crippen LogP contribution in [0.4, 0.5) is 0 Å². The molecule has 0 rings (SSSR count). The third-order valence-electron chi connectivity index (χ3n) is 1.06. The van der Waals surface area contributed by atoms with Gasteiger partial charge < -0.3 is 0 Å². The van der Waals surface area contributed by atoms with Gasteiger partial charge in [0.2, 0.25) is 5.91 Å². The third kappa shape index (κ3) is 5.91. The first kappa shape index (κ1) is 9.78. The van der Waals surface area contributed by atoms with Crippen molar-refractivity contribution in [3.63, 3.8) is 0 Å². The molecule has 0 unspecified atom stereocenters. The van der Waals surface area contributed by atoms with Crippen LogP contribution in [0.15, 0.2) is 0 Å². The Labute approximate surface area is 65.7 Å². The molecule has 0 spiro atoms. The van der Waals surface area contributed by atoms with E-state index in [1.807, 2.05) is 11.8 Å². The predicted octanol–water partition coefficient (Wildman–Crippen LogP) is 0.510. The lowest BCUT2D eigenvalue weighted by molar-refractivity contribution is -0.121. The molecule has 0 heterocycles. The average molecular weight is 162 g/mol. The zero-order valence-corrected chi connectivity index (χ0v) is 7.04. The minimum Gasteiger partial charge on any atom is -0.294 e. The van der Waals surface area contributed by atoms with Gasteiger partial charge in [-0.3, -0.25) is 10.2 Å². The van der Waals surface area contributed by atoms with Crippen molar-refractivity contribution < 1.29 is 4.79 Å². The summed E-state index contributed by atoms with van der Waals surface area (Å²) >= 11 is 1.84. The van der Waals surface area contributed by atoms with E-state index < -0.39 is 0 Å². The summed E-state index contributed by atoms with van der Waals surface area (Å²) in [6.45, 7) is 2.10. The van der Waals surface area contributed by atoms with Gasteiger partial charge in [0.25, 0.3) is 0 Å². The normalized spacial score (nSPS) is 9.40.